The van der Waals surface area contributed by atoms with Crippen molar-refractivity contribution in [3.05, 3.63) is 0 Å². The molecule has 1 atom stereocenters. The van der Waals surface area contributed by atoms with Crippen LogP contribution in [0.15, 0.2) is 0 Å². The Labute approximate surface area is 98.1 Å². The summed E-state index contributed by atoms with van der Waals surface area (Å²) in [5, 5.41) is 0. The van der Waals surface area contributed by atoms with Gasteiger partial charge in [0.2, 0.25) is 5.67 Å². The zero-order chi connectivity index (χ0) is 14.8. The van der Waals surface area contributed by atoms with Crippen LogP contribution in [-0.2, 0) is 4.74 Å². The Kier molecular flexibility index (Phi) is 5.01. The second kappa shape index (κ2) is 5.18. The third-order valence-electron chi connectivity index (χ3n) is 2.27. The van der Waals surface area contributed by atoms with E-state index in [1.165, 1.54) is 6.92 Å². The Balaban J connectivity index is 0.000000873. The first kappa shape index (κ1) is 17.4. The SMILES string of the molecule is CCC1(F)CC(F)(F)C(F)(F)OC1(F)F.CCF. The molecule has 0 amide bonds. The molecule has 0 aromatic heterocycles. The van der Waals surface area contributed by atoms with Gasteiger partial charge < -0.3 is 0 Å². The topological polar surface area (TPSA) is 9.23 Å². The molecule has 0 N–H and O–H groups in total. The molecule has 1 aliphatic rings. The molecule has 0 aromatic rings. The Bertz CT molecular complexity index is 280. The molecule has 1 nitrogen and oxygen atoms in total. The zero-order valence-corrected chi connectivity index (χ0v) is 9.55. The average molecular weight is 288 g/mol. The second-order valence-electron chi connectivity index (χ2n) is 3.60. The molecule has 0 saturated carbocycles. The lowest BCUT2D eigenvalue weighted by molar-refractivity contribution is -0.490. The largest absolute Gasteiger partial charge is 0.424 e. The maximum atomic E-state index is 13.2. The van der Waals surface area contributed by atoms with Crippen molar-refractivity contribution in [2.45, 2.75) is 50.5 Å². The van der Waals surface area contributed by atoms with E-state index in [0.717, 1.165) is 6.92 Å². The van der Waals surface area contributed by atoms with Gasteiger partial charge in [0, 0.05) is 0 Å². The predicted molar refractivity (Wildman–Crippen MR) is 46.3 cm³/mol. The molecule has 0 aromatic carbocycles. The Morgan fingerprint density at radius 3 is 1.61 bits per heavy atom. The number of hydrogen-bond acceptors (Lipinski definition) is 1. The van der Waals surface area contributed by atoms with E-state index in [2.05, 4.69) is 4.74 Å². The van der Waals surface area contributed by atoms with Crippen molar-refractivity contribution >= 4 is 0 Å². The van der Waals surface area contributed by atoms with E-state index in [0.29, 0.717) is 0 Å². The van der Waals surface area contributed by atoms with Gasteiger partial charge in [0.05, 0.1) is 13.1 Å². The minimum Gasteiger partial charge on any atom is -0.251 e. The molecule has 1 saturated heterocycles. The predicted octanol–water partition coefficient (Wildman–Crippen LogP) is 4.32. The first-order valence-electron chi connectivity index (χ1n) is 4.97. The Morgan fingerprint density at radius 2 is 1.28 bits per heavy atom. The van der Waals surface area contributed by atoms with Crippen LogP contribution >= 0.6 is 0 Å². The lowest BCUT2D eigenvalue weighted by atomic mass is 9.90. The molecule has 1 unspecified atom stereocenters. The maximum Gasteiger partial charge on any atom is 0.424 e. The van der Waals surface area contributed by atoms with Crippen molar-refractivity contribution in [2.75, 3.05) is 6.67 Å². The molecule has 1 heterocycles. The van der Waals surface area contributed by atoms with Gasteiger partial charge in [0.25, 0.3) is 0 Å². The minimum absolute atomic E-state index is 0.250. The normalized spacial score (nSPS) is 32.3. The summed E-state index contributed by atoms with van der Waals surface area (Å²) in [4.78, 5) is 0. The first-order chi connectivity index (χ1) is 7.89. The Hall–Kier alpha value is -0.600. The van der Waals surface area contributed by atoms with Gasteiger partial charge in [0.15, 0.2) is 0 Å². The van der Waals surface area contributed by atoms with Gasteiger partial charge >= 0.3 is 18.1 Å². The molecular weight excluding hydrogens is 276 g/mol. The monoisotopic (exact) mass is 288 g/mol. The van der Waals surface area contributed by atoms with Crippen LogP contribution in [0.4, 0.5) is 35.1 Å². The van der Waals surface area contributed by atoms with Crippen molar-refractivity contribution in [2.24, 2.45) is 0 Å². The van der Waals surface area contributed by atoms with E-state index in [1.54, 1.807) is 0 Å². The molecular formula is C9H12F8O. The van der Waals surface area contributed by atoms with E-state index in [4.69, 9.17) is 0 Å². The van der Waals surface area contributed by atoms with Gasteiger partial charge in [-0.25, -0.2) is 9.13 Å². The van der Waals surface area contributed by atoms with Crippen molar-refractivity contribution in [1.82, 2.24) is 0 Å². The first-order valence-corrected chi connectivity index (χ1v) is 4.97. The molecule has 0 aliphatic carbocycles. The van der Waals surface area contributed by atoms with Gasteiger partial charge in [-0.2, -0.15) is 26.3 Å². The van der Waals surface area contributed by atoms with Gasteiger partial charge in [0.1, 0.15) is 0 Å². The van der Waals surface area contributed by atoms with E-state index >= 15 is 0 Å². The highest BCUT2D eigenvalue weighted by Gasteiger charge is 2.76. The number of halogens is 8. The third kappa shape index (κ3) is 3.04. The summed E-state index contributed by atoms with van der Waals surface area (Å²) in [6, 6.07) is 0. The van der Waals surface area contributed by atoms with Crippen LogP contribution in [0.2, 0.25) is 0 Å². The van der Waals surface area contributed by atoms with Crippen LogP contribution < -0.4 is 0 Å². The fourth-order valence-electron chi connectivity index (χ4n) is 1.22. The fourth-order valence-corrected chi connectivity index (χ4v) is 1.22. The Morgan fingerprint density at radius 1 is 0.889 bits per heavy atom. The van der Waals surface area contributed by atoms with Crippen LogP contribution in [0.1, 0.15) is 26.7 Å². The number of rotatable bonds is 1. The van der Waals surface area contributed by atoms with Gasteiger partial charge in [-0.05, 0) is 13.3 Å². The van der Waals surface area contributed by atoms with Crippen LogP contribution in [0.5, 0.6) is 0 Å². The van der Waals surface area contributed by atoms with Gasteiger partial charge in [-0.3, -0.25) is 4.39 Å². The third-order valence-corrected chi connectivity index (χ3v) is 2.27. The lowest BCUT2D eigenvalue weighted by Gasteiger charge is -2.43. The zero-order valence-electron chi connectivity index (χ0n) is 9.55. The fraction of sp³-hybridized carbons (Fsp3) is 1.00. The summed E-state index contributed by atoms with van der Waals surface area (Å²) >= 11 is 0. The number of ether oxygens (including phenoxy) is 1. The van der Waals surface area contributed by atoms with Gasteiger partial charge in [-0.15, -0.1) is 0 Å². The van der Waals surface area contributed by atoms with Crippen LogP contribution in [-0.4, -0.2) is 30.5 Å². The molecule has 18 heavy (non-hydrogen) atoms. The smallest absolute Gasteiger partial charge is 0.251 e. The summed E-state index contributed by atoms with van der Waals surface area (Å²) in [7, 11) is 0. The number of hydrogen-bond donors (Lipinski definition) is 0. The van der Waals surface area contributed by atoms with Crippen LogP contribution in [0, 0.1) is 0 Å². The molecule has 0 bridgehead atoms. The van der Waals surface area contributed by atoms with E-state index in [9.17, 15) is 35.1 Å². The molecule has 9 heteroatoms. The van der Waals surface area contributed by atoms with Crippen molar-refractivity contribution in [1.29, 1.82) is 0 Å². The summed E-state index contributed by atoms with van der Waals surface area (Å²) in [5.74, 6) is -4.94. The van der Waals surface area contributed by atoms with Crippen LogP contribution in [0.3, 0.4) is 0 Å². The van der Waals surface area contributed by atoms with Crippen molar-refractivity contribution < 1.29 is 39.9 Å². The maximum absolute atomic E-state index is 13.2. The molecule has 1 aliphatic heterocycles. The standard InChI is InChI=1S/C7H7F7O.C2H5F/c1-2-4(8)3-5(9,10)7(13,14)15-6(4,11)12;1-2-3/h2-3H2,1H3;2H2,1H3. The number of alkyl halides is 8. The summed E-state index contributed by atoms with van der Waals surface area (Å²) in [5.41, 5.74) is -3.78. The lowest BCUT2D eigenvalue weighted by Crippen LogP contribution is -2.63. The summed E-state index contributed by atoms with van der Waals surface area (Å²) in [6.07, 6.45) is -13.6. The highest BCUT2D eigenvalue weighted by atomic mass is 19.3. The molecule has 1 rings (SSSR count). The quantitative estimate of drug-likeness (QED) is 0.653. The van der Waals surface area contributed by atoms with E-state index in [-0.39, 0.29) is 6.67 Å². The van der Waals surface area contributed by atoms with Gasteiger partial charge in [-0.1, -0.05) is 6.92 Å². The van der Waals surface area contributed by atoms with Crippen LogP contribution in [0.25, 0.3) is 0 Å². The van der Waals surface area contributed by atoms with Crippen molar-refractivity contribution in [3.63, 3.8) is 0 Å². The van der Waals surface area contributed by atoms with Crippen molar-refractivity contribution in [3.8, 4) is 0 Å². The summed E-state index contributed by atoms with van der Waals surface area (Å²) in [6.45, 7) is 2.05. The highest BCUT2D eigenvalue weighted by Crippen LogP contribution is 2.55. The van der Waals surface area contributed by atoms with E-state index in [1.807, 2.05) is 0 Å². The average Bonchev–Trinajstić information content (AvgIpc) is 2.14. The minimum atomic E-state index is -5.36. The molecule has 110 valence electrons. The van der Waals surface area contributed by atoms with E-state index < -0.39 is 36.7 Å². The molecule has 1 fully saturated rings. The highest BCUT2D eigenvalue weighted by molar-refractivity contribution is 5.00. The summed E-state index contributed by atoms with van der Waals surface area (Å²) < 4.78 is 101. The molecule has 0 spiro atoms. The molecule has 0 radical (unpaired) electrons. The second-order valence-corrected chi connectivity index (χ2v) is 3.60.